The highest BCUT2D eigenvalue weighted by atomic mass is 16.5. The van der Waals surface area contributed by atoms with E-state index in [1.807, 2.05) is 19.9 Å². The number of morpholine rings is 1. The van der Waals surface area contributed by atoms with Crippen LogP contribution in [0, 0.1) is 6.92 Å². The molecular weight excluding hydrogens is 350 g/mol. The molecule has 1 aliphatic heterocycles. The molecule has 2 aromatic rings. The number of hydrogen-bond donors (Lipinski definition) is 1. The molecule has 8 nitrogen and oxygen atoms in total. The van der Waals surface area contributed by atoms with E-state index in [-0.39, 0.29) is 11.6 Å². The summed E-state index contributed by atoms with van der Waals surface area (Å²) in [5.74, 6) is 1.47. The molecule has 1 amide bonds. The Balaban J connectivity index is 1.93. The first-order valence-corrected chi connectivity index (χ1v) is 9.13. The number of ether oxygens (including phenoxy) is 3. The molecule has 0 saturated carbocycles. The van der Waals surface area contributed by atoms with Crippen molar-refractivity contribution in [1.82, 2.24) is 5.16 Å². The summed E-state index contributed by atoms with van der Waals surface area (Å²) in [6.45, 7) is 9.43. The van der Waals surface area contributed by atoms with Gasteiger partial charge in [-0.25, -0.2) is 0 Å². The Hall–Kier alpha value is -2.74. The van der Waals surface area contributed by atoms with Crippen molar-refractivity contribution in [3.05, 3.63) is 29.7 Å². The fourth-order valence-corrected chi connectivity index (χ4v) is 2.90. The van der Waals surface area contributed by atoms with Gasteiger partial charge in [0, 0.05) is 31.3 Å². The molecule has 1 saturated heterocycles. The van der Waals surface area contributed by atoms with Gasteiger partial charge in [0.15, 0.2) is 5.69 Å². The number of benzene rings is 1. The molecule has 1 N–H and O–H groups in total. The summed E-state index contributed by atoms with van der Waals surface area (Å²) in [5.41, 5.74) is 1.67. The number of nitrogens with zero attached hydrogens (tertiary/aromatic N) is 2. The minimum atomic E-state index is -0.366. The lowest BCUT2D eigenvalue weighted by Crippen LogP contribution is -2.36. The van der Waals surface area contributed by atoms with E-state index >= 15 is 0 Å². The molecule has 27 heavy (non-hydrogen) atoms. The predicted molar refractivity (Wildman–Crippen MR) is 101 cm³/mol. The number of nitrogens with one attached hydrogen (secondary N) is 1. The van der Waals surface area contributed by atoms with Gasteiger partial charge >= 0.3 is 0 Å². The van der Waals surface area contributed by atoms with Crippen molar-refractivity contribution < 1.29 is 23.5 Å². The highest BCUT2D eigenvalue weighted by Crippen LogP contribution is 2.39. The van der Waals surface area contributed by atoms with Gasteiger partial charge in [0.05, 0.1) is 37.8 Å². The van der Waals surface area contributed by atoms with E-state index in [0.717, 1.165) is 18.8 Å². The Labute approximate surface area is 158 Å². The lowest BCUT2D eigenvalue weighted by Gasteiger charge is -2.31. The van der Waals surface area contributed by atoms with Crippen molar-refractivity contribution in [1.29, 1.82) is 0 Å². The summed E-state index contributed by atoms with van der Waals surface area (Å²) in [5, 5.41) is 6.60. The molecule has 2 heterocycles. The summed E-state index contributed by atoms with van der Waals surface area (Å²) in [6, 6.07) is 5.29. The Morgan fingerprint density at radius 3 is 2.48 bits per heavy atom. The largest absolute Gasteiger partial charge is 0.492 e. The molecule has 8 heteroatoms. The predicted octanol–water partition coefficient (Wildman–Crippen LogP) is 2.87. The Morgan fingerprint density at radius 1 is 1.15 bits per heavy atom. The molecule has 1 aromatic heterocycles. The number of aryl methyl sites for hydroxylation is 1. The molecule has 0 bridgehead atoms. The lowest BCUT2D eigenvalue weighted by molar-refractivity contribution is 0.101. The van der Waals surface area contributed by atoms with Crippen LogP contribution < -0.4 is 19.7 Å². The van der Waals surface area contributed by atoms with Crippen LogP contribution in [0.15, 0.2) is 22.7 Å². The van der Waals surface area contributed by atoms with Crippen molar-refractivity contribution in [2.24, 2.45) is 0 Å². The summed E-state index contributed by atoms with van der Waals surface area (Å²) >= 11 is 0. The smallest absolute Gasteiger partial charge is 0.277 e. The van der Waals surface area contributed by atoms with Crippen LogP contribution in [-0.2, 0) is 4.74 Å². The van der Waals surface area contributed by atoms with Gasteiger partial charge in [-0.2, -0.15) is 0 Å². The normalized spacial score (nSPS) is 14.1. The van der Waals surface area contributed by atoms with Gasteiger partial charge < -0.3 is 29.0 Å². The minimum Gasteiger partial charge on any atom is -0.492 e. The number of hydrogen-bond acceptors (Lipinski definition) is 7. The van der Waals surface area contributed by atoms with Gasteiger partial charge in [-0.05, 0) is 20.8 Å². The third-order valence-electron chi connectivity index (χ3n) is 4.12. The molecule has 1 aliphatic rings. The maximum absolute atomic E-state index is 12.5. The second-order valence-electron chi connectivity index (χ2n) is 6.06. The topological polar surface area (TPSA) is 86.1 Å². The highest BCUT2D eigenvalue weighted by Gasteiger charge is 2.21. The summed E-state index contributed by atoms with van der Waals surface area (Å²) in [6.07, 6.45) is 0. The van der Waals surface area contributed by atoms with Crippen molar-refractivity contribution in [2.45, 2.75) is 20.8 Å². The third-order valence-corrected chi connectivity index (χ3v) is 4.12. The number of rotatable bonds is 7. The molecule has 3 rings (SSSR count). The van der Waals surface area contributed by atoms with E-state index in [2.05, 4.69) is 15.4 Å². The lowest BCUT2D eigenvalue weighted by atomic mass is 10.2. The van der Waals surface area contributed by atoms with Crippen LogP contribution >= 0.6 is 0 Å². The van der Waals surface area contributed by atoms with Crippen molar-refractivity contribution in [2.75, 3.05) is 49.7 Å². The van der Waals surface area contributed by atoms with E-state index < -0.39 is 0 Å². The van der Waals surface area contributed by atoms with Gasteiger partial charge in [-0.15, -0.1) is 0 Å². The van der Waals surface area contributed by atoms with Crippen molar-refractivity contribution >= 4 is 17.3 Å². The van der Waals surface area contributed by atoms with Gasteiger partial charge in [0.2, 0.25) is 0 Å². The first-order chi connectivity index (χ1) is 13.1. The molecular formula is C19H25N3O5. The van der Waals surface area contributed by atoms with Crippen molar-refractivity contribution in [3.63, 3.8) is 0 Å². The first kappa shape index (κ1) is 19.0. The van der Waals surface area contributed by atoms with Crippen LogP contribution in [0.3, 0.4) is 0 Å². The average Bonchev–Trinajstić information content (AvgIpc) is 3.11. The molecule has 0 unspecified atom stereocenters. The monoisotopic (exact) mass is 375 g/mol. The van der Waals surface area contributed by atoms with Crippen molar-refractivity contribution in [3.8, 4) is 11.5 Å². The van der Waals surface area contributed by atoms with E-state index in [1.165, 1.54) is 0 Å². The molecule has 0 atom stereocenters. The zero-order chi connectivity index (χ0) is 19.2. The van der Waals surface area contributed by atoms with Gasteiger partial charge in [0.1, 0.15) is 17.3 Å². The van der Waals surface area contributed by atoms with E-state index in [1.54, 1.807) is 19.1 Å². The van der Waals surface area contributed by atoms with Crippen LogP contribution in [0.2, 0.25) is 0 Å². The van der Waals surface area contributed by atoms with Crippen LogP contribution in [0.25, 0.3) is 0 Å². The van der Waals surface area contributed by atoms with Crippen LogP contribution in [-0.4, -0.2) is 50.6 Å². The SMILES string of the molecule is CCOc1cc(N2CCOCC2)c(OCC)cc1NC(=O)c1cc(C)on1. The minimum absolute atomic E-state index is 0.213. The molecule has 1 fully saturated rings. The van der Waals surface area contributed by atoms with Gasteiger partial charge in [0.25, 0.3) is 5.91 Å². The second-order valence-corrected chi connectivity index (χ2v) is 6.06. The number of amides is 1. The quantitative estimate of drug-likeness (QED) is 0.796. The maximum Gasteiger partial charge on any atom is 0.277 e. The van der Waals surface area contributed by atoms with E-state index in [9.17, 15) is 4.79 Å². The summed E-state index contributed by atoms with van der Waals surface area (Å²) in [4.78, 5) is 14.7. The van der Waals surface area contributed by atoms with Gasteiger partial charge in [-0.3, -0.25) is 4.79 Å². The van der Waals surface area contributed by atoms with E-state index in [4.69, 9.17) is 18.7 Å². The fourth-order valence-electron chi connectivity index (χ4n) is 2.90. The number of carbonyl (C=O) groups excluding carboxylic acids is 1. The first-order valence-electron chi connectivity index (χ1n) is 9.13. The molecule has 0 aliphatic carbocycles. The zero-order valence-corrected chi connectivity index (χ0v) is 15.9. The molecule has 1 aromatic carbocycles. The standard InChI is InChI=1S/C19H25N3O5/c1-4-25-17-12-16(22-6-8-24-9-7-22)18(26-5-2)11-14(17)20-19(23)15-10-13(3)27-21-15/h10-12H,4-9H2,1-3H3,(H,20,23). The number of aromatic nitrogens is 1. The third kappa shape index (κ3) is 4.51. The number of carbonyl (C=O) groups is 1. The van der Waals surface area contributed by atoms with Crippen LogP contribution in [0.5, 0.6) is 11.5 Å². The Kier molecular flexibility index (Phi) is 6.18. The second kappa shape index (κ2) is 8.77. The van der Waals surface area contributed by atoms with Gasteiger partial charge in [-0.1, -0.05) is 5.16 Å². The maximum atomic E-state index is 12.5. The van der Waals surface area contributed by atoms with Crippen LogP contribution in [0.1, 0.15) is 30.1 Å². The zero-order valence-electron chi connectivity index (χ0n) is 15.9. The molecule has 146 valence electrons. The number of anilines is 2. The summed E-state index contributed by atoms with van der Waals surface area (Å²) < 4.78 is 22.0. The molecule has 0 spiro atoms. The molecule has 0 radical (unpaired) electrons. The highest BCUT2D eigenvalue weighted by molar-refractivity contribution is 6.04. The Morgan fingerprint density at radius 2 is 1.85 bits per heavy atom. The van der Waals surface area contributed by atoms with Crippen LogP contribution in [0.4, 0.5) is 11.4 Å². The fraction of sp³-hybridized carbons (Fsp3) is 0.474. The average molecular weight is 375 g/mol. The van der Waals surface area contributed by atoms with E-state index in [0.29, 0.717) is 49.4 Å². The Bertz CT molecular complexity index is 784. The summed E-state index contributed by atoms with van der Waals surface area (Å²) in [7, 11) is 0.